The van der Waals surface area contributed by atoms with Crippen LogP contribution in [0.5, 0.6) is 0 Å². The summed E-state index contributed by atoms with van der Waals surface area (Å²) in [5.74, 6) is 0. The Bertz CT molecular complexity index is 529. The van der Waals surface area contributed by atoms with E-state index in [1.165, 1.54) is 11.3 Å². The molecular formula is C13H12Cl2OS. The molecule has 1 heterocycles. The van der Waals surface area contributed by atoms with Crippen molar-refractivity contribution in [1.82, 2.24) is 0 Å². The second-order valence-corrected chi connectivity index (χ2v) is 6.05. The van der Waals surface area contributed by atoms with Gasteiger partial charge in [-0.3, -0.25) is 0 Å². The van der Waals surface area contributed by atoms with Crippen LogP contribution in [0.3, 0.4) is 0 Å². The van der Waals surface area contributed by atoms with E-state index in [2.05, 4.69) is 0 Å². The van der Waals surface area contributed by atoms with Gasteiger partial charge in [0.1, 0.15) is 6.10 Å². The molecule has 90 valence electrons. The highest BCUT2D eigenvalue weighted by atomic mass is 35.5. The quantitative estimate of drug-likeness (QED) is 0.844. The van der Waals surface area contributed by atoms with Crippen LogP contribution in [0.25, 0.3) is 0 Å². The SMILES string of the molecule is Cc1cc(C(O)c2cccc(C)c2Cl)sc1Cl. The molecule has 1 unspecified atom stereocenters. The average molecular weight is 287 g/mol. The molecule has 0 aliphatic rings. The summed E-state index contributed by atoms with van der Waals surface area (Å²) in [5.41, 5.74) is 2.67. The zero-order valence-corrected chi connectivity index (χ0v) is 11.8. The van der Waals surface area contributed by atoms with E-state index < -0.39 is 6.10 Å². The number of benzene rings is 1. The van der Waals surface area contributed by atoms with Crippen molar-refractivity contribution in [3.63, 3.8) is 0 Å². The Kier molecular flexibility index (Phi) is 3.79. The molecule has 0 saturated heterocycles. The van der Waals surface area contributed by atoms with Gasteiger partial charge in [0.15, 0.2) is 0 Å². The van der Waals surface area contributed by atoms with Crippen LogP contribution < -0.4 is 0 Å². The van der Waals surface area contributed by atoms with Gasteiger partial charge in [0.05, 0.1) is 4.34 Å². The molecule has 1 atom stereocenters. The summed E-state index contributed by atoms with van der Waals surface area (Å²) in [7, 11) is 0. The van der Waals surface area contributed by atoms with Crippen molar-refractivity contribution in [3.8, 4) is 0 Å². The minimum atomic E-state index is -0.710. The van der Waals surface area contributed by atoms with Crippen LogP contribution in [0.1, 0.15) is 27.7 Å². The normalized spacial score (nSPS) is 12.8. The molecule has 17 heavy (non-hydrogen) atoms. The van der Waals surface area contributed by atoms with Gasteiger partial charge in [-0.05, 0) is 31.0 Å². The second kappa shape index (κ2) is 4.99. The lowest BCUT2D eigenvalue weighted by Crippen LogP contribution is -1.98. The van der Waals surface area contributed by atoms with Crippen LogP contribution in [0.15, 0.2) is 24.3 Å². The van der Waals surface area contributed by atoms with E-state index in [9.17, 15) is 5.11 Å². The van der Waals surface area contributed by atoms with Gasteiger partial charge in [-0.2, -0.15) is 0 Å². The van der Waals surface area contributed by atoms with Crippen molar-refractivity contribution in [3.05, 3.63) is 55.2 Å². The first-order valence-electron chi connectivity index (χ1n) is 5.19. The number of aryl methyl sites for hydroxylation is 2. The summed E-state index contributed by atoms with van der Waals surface area (Å²) in [4.78, 5) is 0.819. The Morgan fingerprint density at radius 2 is 1.88 bits per heavy atom. The molecule has 0 radical (unpaired) electrons. The minimum absolute atomic E-state index is 0.613. The molecule has 1 aromatic carbocycles. The molecule has 1 aromatic heterocycles. The van der Waals surface area contributed by atoms with E-state index in [0.717, 1.165) is 21.6 Å². The molecule has 0 fully saturated rings. The Balaban J connectivity index is 2.43. The van der Waals surface area contributed by atoms with E-state index in [1.807, 2.05) is 38.1 Å². The summed E-state index contributed by atoms with van der Waals surface area (Å²) in [6, 6.07) is 7.55. The second-order valence-electron chi connectivity index (χ2n) is 3.99. The maximum atomic E-state index is 10.3. The largest absolute Gasteiger partial charge is 0.383 e. The number of halogens is 2. The Morgan fingerprint density at radius 3 is 2.47 bits per heavy atom. The van der Waals surface area contributed by atoms with Crippen LogP contribution >= 0.6 is 34.5 Å². The van der Waals surface area contributed by atoms with Crippen LogP contribution in [0.2, 0.25) is 9.36 Å². The van der Waals surface area contributed by atoms with Gasteiger partial charge in [-0.15, -0.1) is 11.3 Å². The lowest BCUT2D eigenvalue weighted by atomic mass is 10.0. The molecule has 0 amide bonds. The number of hydrogen-bond donors (Lipinski definition) is 1. The molecule has 0 saturated carbocycles. The fraction of sp³-hybridized carbons (Fsp3) is 0.231. The smallest absolute Gasteiger partial charge is 0.115 e. The number of aliphatic hydroxyl groups excluding tert-OH is 1. The van der Waals surface area contributed by atoms with Crippen LogP contribution in [0, 0.1) is 13.8 Å². The van der Waals surface area contributed by atoms with Gasteiger partial charge in [-0.1, -0.05) is 41.4 Å². The fourth-order valence-electron chi connectivity index (χ4n) is 1.65. The first-order valence-corrected chi connectivity index (χ1v) is 6.77. The predicted octanol–water partition coefficient (Wildman–Crippen LogP) is 4.75. The monoisotopic (exact) mass is 286 g/mol. The van der Waals surface area contributed by atoms with Crippen LogP contribution in [-0.4, -0.2) is 5.11 Å². The molecule has 0 aliphatic heterocycles. The van der Waals surface area contributed by atoms with Crippen molar-refractivity contribution in [2.45, 2.75) is 20.0 Å². The first kappa shape index (κ1) is 12.9. The van der Waals surface area contributed by atoms with Gasteiger partial charge in [-0.25, -0.2) is 0 Å². The molecule has 1 nitrogen and oxygen atoms in total. The number of rotatable bonds is 2. The van der Waals surface area contributed by atoms with Crippen molar-refractivity contribution < 1.29 is 5.11 Å². The number of hydrogen-bond acceptors (Lipinski definition) is 2. The molecule has 4 heteroatoms. The van der Waals surface area contributed by atoms with E-state index in [-0.39, 0.29) is 0 Å². The highest BCUT2D eigenvalue weighted by Gasteiger charge is 2.17. The van der Waals surface area contributed by atoms with Crippen molar-refractivity contribution in [2.24, 2.45) is 0 Å². The van der Waals surface area contributed by atoms with Gasteiger partial charge in [0, 0.05) is 15.5 Å². The fourth-order valence-corrected chi connectivity index (χ4v) is 3.11. The molecule has 2 rings (SSSR count). The van der Waals surface area contributed by atoms with E-state index in [1.54, 1.807) is 0 Å². The Labute approximate surface area is 115 Å². The van der Waals surface area contributed by atoms with E-state index in [0.29, 0.717) is 9.36 Å². The highest BCUT2D eigenvalue weighted by molar-refractivity contribution is 7.16. The molecular weight excluding hydrogens is 275 g/mol. The summed E-state index contributed by atoms with van der Waals surface area (Å²) >= 11 is 13.6. The lowest BCUT2D eigenvalue weighted by Gasteiger charge is -2.12. The molecule has 0 bridgehead atoms. The van der Waals surface area contributed by atoms with Crippen LogP contribution in [0.4, 0.5) is 0 Å². The molecule has 0 aliphatic carbocycles. The van der Waals surface area contributed by atoms with Crippen molar-refractivity contribution in [2.75, 3.05) is 0 Å². The zero-order chi connectivity index (χ0) is 12.6. The third-order valence-corrected chi connectivity index (χ3v) is 4.79. The summed E-state index contributed by atoms with van der Waals surface area (Å²) in [6.45, 7) is 3.85. The maximum Gasteiger partial charge on any atom is 0.115 e. The molecule has 2 aromatic rings. The third kappa shape index (κ3) is 2.50. The van der Waals surface area contributed by atoms with Crippen molar-refractivity contribution in [1.29, 1.82) is 0 Å². The third-order valence-electron chi connectivity index (χ3n) is 2.66. The van der Waals surface area contributed by atoms with Gasteiger partial charge in [0.25, 0.3) is 0 Å². The minimum Gasteiger partial charge on any atom is -0.383 e. The van der Waals surface area contributed by atoms with E-state index in [4.69, 9.17) is 23.2 Å². The highest BCUT2D eigenvalue weighted by Crippen LogP contribution is 2.36. The van der Waals surface area contributed by atoms with Gasteiger partial charge in [0.2, 0.25) is 0 Å². The van der Waals surface area contributed by atoms with Gasteiger partial charge < -0.3 is 5.11 Å². The average Bonchev–Trinajstić information content (AvgIpc) is 2.62. The predicted molar refractivity (Wildman–Crippen MR) is 74.3 cm³/mol. The number of aliphatic hydroxyl groups is 1. The zero-order valence-electron chi connectivity index (χ0n) is 9.50. The standard InChI is InChI=1S/C13H12Cl2OS/c1-7-4-3-5-9(11(7)14)12(16)10-6-8(2)13(15)17-10/h3-6,12,16H,1-2H3. The van der Waals surface area contributed by atoms with E-state index >= 15 is 0 Å². The maximum absolute atomic E-state index is 10.3. The summed E-state index contributed by atoms with van der Waals surface area (Å²) < 4.78 is 0.711. The first-order chi connectivity index (χ1) is 8.00. The van der Waals surface area contributed by atoms with Gasteiger partial charge >= 0.3 is 0 Å². The number of thiophene rings is 1. The van der Waals surface area contributed by atoms with Crippen LogP contribution in [-0.2, 0) is 0 Å². The Morgan fingerprint density at radius 1 is 1.18 bits per heavy atom. The molecule has 0 spiro atoms. The Hall–Kier alpha value is -0.540. The summed E-state index contributed by atoms with van der Waals surface area (Å²) in [5, 5.41) is 10.9. The summed E-state index contributed by atoms with van der Waals surface area (Å²) in [6.07, 6.45) is -0.710. The molecule has 1 N–H and O–H groups in total. The lowest BCUT2D eigenvalue weighted by molar-refractivity contribution is 0.224. The van der Waals surface area contributed by atoms with Crippen molar-refractivity contribution >= 4 is 34.5 Å². The topological polar surface area (TPSA) is 20.2 Å².